The smallest absolute Gasteiger partial charge is 0.0192 e. The van der Waals surface area contributed by atoms with Gasteiger partial charge in [-0.2, -0.15) is 0 Å². The normalized spacial score (nSPS) is 22.2. The standard InChI is InChI=1S/C13H28N2/c1-10(2)13(11(3)4)9-14-8-12-6-5-7-15-12/h10-15H,5-9H2,1-4H3. The molecule has 2 heteroatoms. The van der Waals surface area contributed by atoms with Gasteiger partial charge in [0.25, 0.3) is 0 Å². The Hall–Kier alpha value is -0.0800. The molecule has 2 N–H and O–H groups in total. The lowest BCUT2D eigenvalue weighted by molar-refractivity contribution is 0.273. The quantitative estimate of drug-likeness (QED) is 0.706. The molecule has 1 aliphatic rings. The van der Waals surface area contributed by atoms with Gasteiger partial charge < -0.3 is 10.6 Å². The van der Waals surface area contributed by atoms with Crippen molar-refractivity contribution in [3.05, 3.63) is 0 Å². The van der Waals surface area contributed by atoms with Crippen molar-refractivity contribution in [1.29, 1.82) is 0 Å². The molecule has 1 fully saturated rings. The van der Waals surface area contributed by atoms with E-state index in [1.165, 1.54) is 25.9 Å². The SMILES string of the molecule is CC(C)C(CNCC1CCCN1)C(C)C. The van der Waals surface area contributed by atoms with Crippen LogP contribution in [-0.2, 0) is 0 Å². The summed E-state index contributed by atoms with van der Waals surface area (Å²) in [7, 11) is 0. The number of hydrogen-bond acceptors (Lipinski definition) is 2. The Balaban J connectivity index is 2.15. The van der Waals surface area contributed by atoms with Crippen molar-refractivity contribution in [2.24, 2.45) is 17.8 Å². The lowest BCUT2D eigenvalue weighted by atomic mass is 9.85. The number of hydrogen-bond donors (Lipinski definition) is 2. The molecule has 1 unspecified atom stereocenters. The van der Waals surface area contributed by atoms with Crippen molar-refractivity contribution >= 4 is 0 Å². The van der Waals surface area contributed by atoms with E-state index < -0.39 is 0 Å². The third kappa shape index (κ3) is 4.52. The van der Waals surface area contributed by atoms with E-state index in [4.69, 9.17) is 0 Å². The van der Waals surface area contributed by atoms with E-state index in [1.54, 1.807) is 0 Å². The van der Waals surface area contributed by atoms with Gasteiger partial charge in [-0.25, -0.2) is 0 Å². The van der Waals surface area contributed by atoms with E-state index >= 15 is 0 Å². The van der Waals surface area contributed by atoms with Gasteiger partial charge >= 0.3 is 0 Å². The van der Waals surface area contributed by atoms with Gasteiger partial charge in [-0.3, -0.25) is 0 Å². The molecule has 1 saturated heterocycles. The second kappa shape index (κ2) is 6.49. The van der Waals surface area contributed by atoms with Crippen LogP contribution in [0.25, 0.3) is 0 Å². The molecule has 0 aromatic carbocycles. The molecule has 1 rings (SSSR count). The van der Waals surface area contributed by atoms with Gasteiger partial charge in [0.2, 0.25) is 0 Å². The molecule has 0 saturated carbocycles. The fraction of sp³-hybridized carbons (Fsp3) is 1.00. The Morgan fingerprint density at radius 2 is 1.87 bits per heavy atom. The zero-order chi connectivity index (χ0) is 11.3. The molecule has 0 radical (unpaired) electrons. The fourth-order valence-electron chi connectivity index (χ4n) is 2.60. The highest BCUT2D eigenvalue weighted by Gasteiger charge is 2.18. The maximum absolute atomic E-state index is 3.63. The molecule has 2 nitrogen and oxygen atoms in total. The first kappa shape index (κ1) is 13.0. The second-order valence-corrected chi connectivity index (χ2v) is 5.60. The van der Waals surface area contributed by atoms with Crippen LogP contribution in [0.3, 0.4) is 0 Å². The summed E-state index contributed by atoms with van der Waals surface area (Å²) in [5.41, 5.74) is 0. The molecule has 0 aromatic heterocycles. The van der Waals surface area contributed by atoms with Crippen LogP contribution in [0, 0.1) is 17.8 Å². The highest BCUT2D eigenvalue weighted by Crippen LogP contribution is 2.19. The predicted molar refractivity (Wildman–Crippen MR) is 67.1 cm³/mol. The van der Waals surface area contributed by atoms with E-state index in [0.29, 0.717) is 0 Å². The van der Waals surface area contributed by atoms with Gasteiger partial charge in [0, 0.05) is 12.6 Å². The van der Waals surface area contributed by atoms with Gasteiger partial charge in [-0.15, -0.1) is 0 Å². The zero-order valence-corrected chi connectivity index (χ0v) is 10.8. The number of rotatable bonds is 6. The van der Waals surface area contributed by atoms with Crippen molar-refractivity contribution < 1.29 is 0 Å². The Morgan fingerprint density at radius 1 is 1.20 bits per heavy atom. The summed E-state index contributed by atoms with van der Waals surface area (Å²) in [6, 6.07) is 0.727. The van der Waals surface area contributed by atoms with Crippen LogP contribution < -0.4 is 10.6 Å². The van der Waals surface area contributed by atoms with Gasteiger partial charge in [0.05, 0.1) is 0 Å². The van der Waals surface area contributed by atoms with E-state index in [2.05, 4.69) is 38.3 Å². The lowest BCUT2D eigenvalue weighted by Crippen LogP contribution is -2.38. The van der Waals surface area contributed by atoms with E-state index in [1.807, 2.05) is 0 Å². The first-order valence-electron chi connectivity index (χ1n) is 6.55. The van der Waals surface area contributed by atoms with Gasteiger partial charge in [-0.1, -0.05) is 27.7 Å². The number of nitrogens with one attached hydrogen (secondary N) is 2. The zero-order valence-electron chi connectivity index (χ0n) is 10.8. The Bertz CT molecular complexity index is 152. The molecule has 15 heavy (non-hydrogen) atoms. The van der Waals surface area contributed by atoms with Crippen molar-refractivity contribution in [2.75, 3.05) is 19.6 Å². The van der Waals surface area contributed by atoms with Crippen LogP contribution in [-0.4, -0.2) is 25.7 Å². The molecule has 0 spiro atoms. The summed E-state index contributed by atoms with van der Waals surface area (Å²) in [5, 5.41) is 7.15. The van der Waals surface area contributed by atoms with Crippen LogP contribution in [0.15, 0.2) is 0 Å². The van der Waals surface area contributed by atoms with Crippen LogP contribution in [0.5, 0.6) is 0 Å². The summed E-state index contributed by atoms with van der Waals surface area (Å²) < 4.78 is 0. The van der Waals surface area contributed by atoms with Crippen molar-refractivity contribution in [3.63, 3.8) is 0 Å². The first-order chi connectivity index (χ1) is 7.11. The van der Waals surface area contributed by atoms with Crippen molar-refractivity contribution in [3.8, 4) is 0 Å². The lowest BCUT2D eigenvalue weighted by Gasteiger charge is -2.26. The largest absolute Gasteiger partial charge is 0.315 e. The third-order valence-electron chi connectivity index (χ3n) is 3.65. The van der Waals surface area contributed by atoms with Crippen LogP contribution >= 0.6 is 0 Å². The summed E-state index contributed by atoms with van der Waals surface area (Å²) in [4.78, 5) is 0. The van der Waals surface area contributed by atoms with E-state index in [-0.39, 0.29) is 0 Å². The molecule has 1 atom stereocenters. The van der Waals surface area contributed by atoms with Gasteiger partial charge in [0.15, 0.2) is 0 Å². The Labute approximate surface area is 95.2 Å². The molecule has 0 aliphatic carbocycles. The first-order valence-corrected chi connectivity index (χ1v) is 6.55. The monoisotopic (exact) mass is 212 g/mol. The maximum atomic E-state index is 3.63. The molecule has 0 aromatic rings. The molecular formula is C13H28N2. The predicted octanol–water partition coefficient (Wildman–Crippen LogP) is 2.26. The average molecular weight is 212 g/mol. The minimum atomic E-state index is 0.727. The Kier molecular flexibility index (Phi) is 5.62. The summed E-state index contributed by atoms with van der Waals surface area (Å²) in [5.74, 6) is 2.38. The van der Waals surface area contributed by atoms with Crippen molar-refractivity contribution in [2.45, 2.75) is 46.6 Å². The van der Waals surface area contributed by atoms with Crippen molar-refractivity contribution in [1.82, 2.24) is 10.6 Å². The molecule has 0 amide bonds. The third-order valence-corrected chi connectivity index (χ3v) is 3.65. The molecular weight excluding hydrogens is 184 g/mol. The van der Waals surface area contributed by atoms with Crippen LogP contribution in [0.2, 0.25) is 0 Å². The minimum absolute atomic E-state index is 0.727. The van der Waals surface area contributed by atoms with E-state index in [0.717, 1.165) is 30.3 Å². The topological polar surface area (TPSA) is 24.1 Å². The summed E-state index contributed by atoms with van der Waals surface area (Å²) in [6.07, 6.45) is 2.70. The van der Waals surface area contributed by atoms with Gasteiger partial charge in [0.1, 0.15) is 0 Å². The molecule has 90 valence electrons. The summed E-state index contributed by atoms with van der Waals surface area (Å²) in [6.45, 7) is 12.9. The minimum Gasteiger partial charge on any atom is -0.315 e. The van der Waals surface area contributed by atoms with Crippen LogP contribution in [0.1, 0.15) is 40.5 Å². The van der Waals surface area contributed by atoms with Gasteiger partial charge in [-0.05, 0) is 43.7 Å². The summed E-state index contributed by atoms with van der Waals surface area (Å²) >= 11 is 0. The van der Waals surface area contributed by atoms with Crippen LogP contribution in [0.4, 0.5) is 0 Å². The molecule has 0 bridgehead atoms. The molecule has 1 aliphatic heterocycles. The maximum Gasteiger partial charge on any atom is 0.0192 e. The second-order valence-electron chi connectivity index (χ2n) is 5.60. The fourth-order valence-corrected chi connectivity index (χ4v) is 2.60. The highest BCUT2D eigenvalue weighted by molar-refractivity contribution is 4.77. The Morgan fingerprint density at radius 3 is 2.33 bits per heavy atom. The molecule has 1 heterocycles. The highest BCUT2D eigenvalue weighted by atomic mass is 15.0. The van der Waals surface area contributed by atoms with E-state index in [9.17, 15) is 0 Å². The average Bonchev–Trinajstić information content (AvgIpc) is 2.63.